The van der Waals surface area contributed by atoms with Crippen LogP contribution in [0.2, 0.25) is 0 Å². The summed E-state index contributed by atoms with van der Waals surface area (Å²) in [6.45, 7) is 1.93. The van der Waals surface area contributed by atoms with Crippen LogP contribution in [0.15, 0.2) is 24.3 Å². The number of nitrogens with two attached hydrogens (primary N) is 1. The van der Waals surface area contributed by atoms with Crippen LogP contribution in [-0.4, -0.2) is 28.9 Å². The van der Waals surface area contributed by atoms with Gasteiger partial charge in [0.1, 0.15) is 4.99 Å². The molecule has 1 aliphatic carbocycles. The fourth-order valence-corrected chi connectivity index (χ4v) is 3.65. The number of rotatable bonds is 3. The van der Waals surface area contributed by atoms with E-state index in [1.54, 1.807) is 0 Å². The number of amides is 1. The largest absolute Gasteiger partial charge is 0.389 e. The molecule has 106 valence electrons. The first-order valence-electron chi connectivity index (χ1n) is 7.30. The molecular weight excluding hydrogens is 268 g/mol. The average Bonchev–Trinajstić information content (AvgIpc) is 2.99. The Kier molecular flexibility index (Phi) is 3.74. The van der Waals surface area contributed by atoms with Crippen LogP contribution in [0, 0.1) is 11.8 Å². The summed E-state index contributed by atoms with van der Waals surface area (Å²) in [6, 6.07) is 7.68. The van der Waals surface area contributed by atoms with E-state index in [1.807, 2.05) is 24.3 Å². The van der Waals surface area contributed by atoms with Crippen molar-refractivity contribution in [3.63, 3.8) is 0 Å². The second kappa shape index (κ2) is 5.52. The van der Waals surface area contributed by atoms with E-state index in [0.717, 1.165) is 36.1 Å². The van der Waals surface area contributed by atoms with Gasteiger partial charge in [-0.15, -0.1) is 0 Å². The SMILES string of the molecule is NC(=S)c1ccc(CC(=O)N2CC3CCCC3C2)cc1. The third kappa shape index (κ3) is 2.70. The third-order valence-corrected chi connectivity index (χ3v) is 4.91. The van der Waals surface area contributed by atoms with Gasteiger partial charge in [0.2, 0.25) is 5.91 Å². The summed E-state index contributed by atoms with van der Waals surface area (Å²) in [5, 5.41) is 0. The molecule has 1 saturated carbocycles. The fraction of sp³-hybridized carbons (Fsp3) is 0.500. The molecule has 20 heavy (non-hydrogen) atoms. The van der Waals surface area contributed by atoms with E-state index in [2.05, 4.69) is 4.90 Å². The predicted octanol–water partition coefficient (Wildman–Crippen LogP) is 2.12. The minimum absolute atomic E-state index is 0.252. The van der Waals surface area contributed by atoms with Crippen LogP contribution in [0.1, 0.15) is 30.4 Å². The molecule has 2 N–H and O–H groups in total. The zero-order chi connectivity index (χ0) is 14.1. The summed E-state index contributed by atoms with van der Waals surface area (Å²) in [5.41, 5.74) is 7.46. The number of nitrogens with zero attached hydrogens (tertiary/aromatic N) is 1. The monoisotopic (exact) mass is 288 g/mol. The maximum Gasteiger partial charge on any atom is 0.227 e. The highest BCUT2D eigenvalue weighted by molar-refractivity contribution is 7.80. The van der Waals surface area contributed by atoms with Gasteiger partial charge in [-0.05, 0) is 30.2 Å². The standard InChI is InChI=1S/C16H20N2OS/c17-16(20)12-6-4-11(5-7-12)8-15(19)18-9-13-2-1-3-14(13)10-18/h4-7,13-14H,1-3,8-10H2,(H2,17,20). The molecule has 2 aliphatic rings. The molecule has 2 unspecified atom stereocenters. The molecule has 4 heteroatoms. The lowest BCUT2D eigenvalue weighted by atomic mass is 10.0. The number of hydrogen-bond acceptors (Lipinski definition) is 2. The summed E-state index contributed by atoms with van der Waals surface area (Å²) in [6.07, 6.45) is 4.43. The van der Waals surface area contributed by atoms with Crippen molar-refractivity contribution in [3.8, 4) is 0 Å². The van der Waals surface area contributed by atoms with Gasteiger partial charge in [-0.25, -0.2) is 0 Å². The van der Waals surface area contributed by atoms with Crippen molar-refractivity contribution in [2.45, 2.75) is 25.7 Å². The van der Waals surface area contributed by atoms with Crippen LogP contribution in [0.3, 0.4) is 0 Å². The average molecular weight is 288 g/mol. The van der Waals surface area contributed by atoms with Gasteiger partial charge in [0, 0.05) is 18.7 Å². The van der Waals surface area contributed by atoms with Gasteiger partial charge in [0.05, 0.1) is 6.42 Å². The molecule has 0 radical (unpaired) electrons. The molecule has 1 saturated heterocycles. The van der Waals surface area contributed by atoms with Gasteiger partial charge < -0.3 is 10.6 Å². The van der Waals surface area contributed by atoms with Crippen molar-refractivity contribution < 1.29 is 4.79 Å². The lowest BCUT2D eigenvalue weighted by Gasteiger charge is -2.17. The van der Waals surface area contributed by atoms with E-state index in [-0.39, 0.29) is 5.91 Å². The molecule has 1 aromatic carbocycles. The molecule has 1 aliphatic heterocycles. The number of carbonyl (C=O) groups is 1. The first-order valence-corrected chi connectivity index (χ1v) is 7.71. The predicted molar refractivity (Wildman–Crippen MR) is 83.4 cm³/mol. The topological polar surface area (TPSA) is 46.3 Å². The Hall–Kier alpha value is -1.42. The molecule has 0 aromatic heterocycles. The Morgan fingerprint density at radius 3 is 2.35 bits per heavy atom. The van der Waals surface area contributed by atoms with Crippen LogP contribution in [0.4, 0.5) is 0 Å². The highest BCUT2D eigenvalue weighted by Crippen LogP contribution is 2.37. The third-order valence-electron chi connectivity index (χ3n) is 4.67. The summed E-state index contributed by atoms with van der Waals surface area (Å²) in [7, 11) is 0. The van der Waals surface area contributed by atoms with E-state index in [4.69, 9.17) is 18.0 Å². The number of thiocarbonyl (C=S) groups is 1. The molecule has 1 amide bonds. The van der Waals surface area contributed by atoms with Crippen LogP contribution >= 0.6 is 12.2 Å². The number of fused-ring (bicyclic) bond motifs is 1. The van der Waals surface area contributed by atoms with E-state index >= 15 is 0 Å². The smallest absolute Gasteiger partial charge is 0.227 e. The maximum absolute atomic E-state index is 12.3. The van der Waals surface area contributed by atoms with E-state index in [9.17, 15) is 4.79 Å². The van der Waals surface area contributed by atoms with Crippen molar-refractivity contribution in [2.24, 2.45) is 17.6 Å². The van der Waals surface area contributed by atoms with Gasteiger partial charge in [0.25, 0.3) is 0 Å². The highest BCUT2D eigenvalue weighted by atomic mass is 32.1. The van der Waals surface area contributed by atoms with Gasteiger partial charge >= 0.3 is 0 Å². The minimum atomic E-state index is 0.252. The first-order chi connectivity index (χ1) is 9.63. The summed E-state index contributed by atoms with van der Waals surface area (Å²) >= 11 is 4.93. The van der Waals surface area contributed by atoms with Gasteiger partial charge in [-0.2, -0.15) is 0 Å². The molecule has 1 aromatic rings. The van der Waals surface area contributed by atoms with Crippen molar-refractivity contribution in [1.29, 1.82) is 0 Å². The van der Waals surface area contributed by atoms with Crippen LogP contribution in [0.5, 0.6) is 0 Å². The Morgan fingerprint density at radius 2 is 1.80 bits per heavy atom. The molecule has 3 rings (SSSR count). The Morgan fingerprint density at radius 1 is 1.20 bits per heavy atom. The minimum Gasteiger partial charge on any atom is -0.389 e. The number of hydrogen-bond donors (Lipinski definition) is 1. The maximum atomic E-state index is 12.3. The van der Waals surface area contributed by atoms with Crippen LogP contribution in [0.25, 0.3) is 0 Å². The van der Waals surface area contributed by atoms with Gasteiger partial charge in [-0.3, -0.25) is 4.79 Å². The Bertz CT molecular complexity index is 514. The Labute approximate surface area is 125 Å². The molecule has 0 bridgehead atoms. The van der Waals surface area contributed by atoms with Crippen molar-refractivity contribution in [1.82, 2.24) is 4.90 Å². The lowest BCUT2D eigenvalue weighted by molar-refractivity contribution is -0.129. The summed E-state index contributed by atoms with van der Waals surface area (Å²) < 4.78 is 0. The second-order valence-electron chi connectivity index (χ2n) is 5.99. The first kappa shape index (κ1) is 13.6. The Balaban J connectivity index is 1.60. The van der Waals surface area contributed by atoms with Gasteiger partial charge in [0.15, 0.2) is 0 Å². The van der Waals surface area contributed by atoms with Crippen LogP contribution < -0.4 is 5.73 Å². The van der Waals surface area contributed by atoms with Crippen molar-refractivity contribution >= 4 is 23.1 Å². The van der Waals surface area contributed by atoms with E-state index in [1.165, 1.54) is 19.3 Å². The molecule has 3 nitrogen and oxygen atoms in total. The molecular formula is C16H20N2OS. The number of likely N-dealkylation sites (tertiary alicyclic amines) is 1. The van der Waals surface area contributed by atoms with Crippen molar-refractivity contribution in [3.05, 3.63) is 35.4 Å². The normalized spacial score (nSPS) is 24.7. The summed E-state index contributed by atoms with van der Waals surface area (Å²) in [5.74, 6) is 1.77. The molecule has 2 fully saturated rings. The molecule has 2 atom stereocenters. The number of carbonyl (C=O) groups excluding carboxylic acids is 1. The van der Waals surface area contributed by atoms with E-state index < -0.39 is 0 Å². The van der Waals surface area contributed by atoms with E-state index in [0.29, 0.717) is 11.4 Å². The van der Waals surface area contributed by atoms with Crippen LogP contribution in [-0.2, 0) is 11.2 Å². The highest BCUT2D eigenvalue weighted by Gasteiger charge is 2.37. The number of benzene rings is 1. The second-order valence-corrected chi connectivity index (χ2v) is 6.43. The zero-order valence-electron chi connectivity index (χ0n) is 11.5. The lowest BCUT2D eigenvalue weighted by Crippen LogP contribution is -2.30. The molecule has 0 spiro atoms. The fourth-order valence-electron chi connectivity index (χ4n) is 3.51. The summed E-state index contributed by atoms with van der Waals surface area (Å²) in [4.78, 5) is 14.8. The van der Waals surface area contributed by atoms with Gasteiger partial charge in [-0.1, -0.05) is 42.9 Å². The molecule has 1 heterocycles. The zero-order valence-corrected chi connectivity index (χ0v) is 12.4. The van der Waals surface area contributed by atoms with Crippen molar-refractivity contribution in [2.75, 3.05) is 13.1 Å². The quantitative estimate of drug-likeness (QED) is 0.867.